The van der Waals surface area contributed by atoms with Crippen molar-refractivity contribution in [2.45, 2.75) is 32.4 Å². The Hall–Kier alpha value is -1.32. The molecule has 1 aliphatic rings. The summed E-state index contributed by atoms with van der Waals surface area (Å²) in [5, 5.41) is 4.63. The van der Waals surface area contributed by atoms with Gasteiger partial charge in [0.25, 0.3) is 0 Å². The molecule has 0 unspecified atom stereocenters. The van der Waals surface area contributed by atoms with Crippen LogP contribution in [-0.4, -0.2) is 36.1 Å². The van der Waals surface area contributed by atoms with Gasteiger partial charge in [-0.05, 0) is 50.0 Å². The van der Waals surface area contributed by atoms with E-state index in [4.69, 9.17) is 0 Å². The van der Waals surface area contributed by atoms with Crippen LogP contribution in [0.25, 0.3) is 10.9 Å². The first kappa shape index (κ1) is 13.7. The predicted octanol–water partition coefficient (Wildman–Crippen LogP) is 2.85. The number of likely N-dealkylation sites (tertiary alicyclic amines) is 1. The van der Waals surface area contributed by atoms with Gasteiger partial charge < -0.3 is 14.8 Å². The fourth-order valence-corrected chi connectivity index (χ4v) is 3.29. The lowest BCUT2D eigenvalue weighted by Crippen LogP contribution is -2.32. The first-order valence-corrected chi connectivity index (χ1v) is 7.82. The minimum Gasteiger partial charge on any atom is -0.346 e. The average Bonchev–Trinajstić information content (AvgIpc) is 2.91. The fraction of sp³-hybridized carbons (Fsp3) is 0.529. The summed E-state index contributed by atoms with van der Waals surface area (Å²) >= 11 is 0. The third-order valence-corrected chi connectivity index (χ3v) is 4.35. The smallest absolute Gasteiger partial charge is 0.0526 e. The number of benzene rings is 1. The van der Waals surface area contributed by atoms with E-state index in [1.54, 1.807) is 0 Å². The van der Waals surface area contributed by atoms with Crippen molar-refractivity contribution in [1.82, 2.24) is 14.8 Å². The van der Waals surface area contributed by atoms with Crippen LogP contribution in [-0.2, 0) is 13.1 Å². The molecule has 1 aliphatic heterocycles. The summed E-state index contributed by atoms with van der Waals surface area (Å²) in [6.45, 7) is 5.78. The zero-order valence-corrected chi connectivity index (χ0v) is 12.4. The molecule has 20 heavy (non-hydrogen) atoms. The minimum absolute atomic E-state index is 0.936. The van der Waals surface area contributed by atoms with Crippen LogP contribution in [0.15, 0.2) is 30.5 Å². The highest BCUT2D eigenvalue weighted by Gasteiger charge is 2.11. The molecule has 0 amide bonds. The summed E-state index contributed by atoms with van der Waals surface area (Å²) in [6, 6.07) is 8.84. The Morgan fingerprint density at radius 1 is 1.05 bits per heavy atom. The molecule has 2 heterocycles. The number of piperidine rings is 1. The Bertz CT molecular complexity index is 552. The zero-order chi connectivity index (χ0) is 13.8. The number of aromatic nitrogens is 1. The van der Waals surface area contributed by atoms with Gasteiger partial charge in [-0.3, -0.25) is 0 Å². The Morgan fingerprint density at radius 2 is 1.90 bits per heavy atom. The summed E-state index contributed by atoms with van der Waals surface area (Å²) in [4.78, 5) is 2.61. The number of fused-ring (bicyclic) bond motifs is 1. The molecular weight excluding hydrogens is 246 g/mol. The summed E-state index contributed by atoms with van der Waals surface area (Å²) in [5.74, 6) is 0. The molecule has 0 bridgehead atoms. The molecule has 1 fully saturated rings. The van der Waals surface area contributed by atoms with Gasteiger partial charge in [-0.2, -0.15) is 0 Å². The summed E-state index contributed by atoms with van der Waals surface area (Å²) in [6.07, 6.45) is 6.40. The first-order chi connectivity index (χ1) is 9.88. The number of rotatable bonds is 5. The molecule has 1 saturated heterocycles. The molecule has 0 radical (unpaired) electrons. The van der Waals surface area contributed by atoms with Crippen molar-refractivity contribution in [3.05, 3.63) is 36.0 Å². The highest BCUT2D eigenvalue weighted by Crippen LogP contribution is 2.20. The molecule has 1 aromatic heterocycles. The number of hydrogen-bond acceptors (Lipinski definition) is 2. The van der Waals surface area contributed by atoms with E-state index in [2.05, 4.69) is 45.2 Å². The molecule has 1 aromatic carbocycles. The largest absolute Gasteiger partial charge is 0.346 e. The summed E-state index contributed by atoms with van der Waals surface area (Å²) in [7, 11) is 2.01. The van der Waals surface area contributed by atoms with Crippen molar-refractivity contribution < 1.29 is 0 Å². The molecule has 2 aromatic rings. The van der Waals surface area contributed by atoms with E-state index in [1.165, 1.54) is 55.4 Å². The molecule has 1 N–H and O–H groups in total. The van der Waals surface area contributed by atoms with E-state index in [0.29, 0.717) is 0 Å². The molecule has 0 atom stereocenters. The maximum Gasteiger partial charge on any atom is 0.0526 e. The van der Waals surface area contributed by atoms with Gasteiger partial charge in [0.2, 0.25) is 0 Å². The number of nitrogens with zero attached hydrogens (tertiary/aromatic N) is 2. The lowest BCUT2D eigenvalue weighted by molar-refractivity contribution is 0.221. The van der Waals surface area contributed by atoms with Crippen LogP contribution in [0.5, 0.6) is 0 Å². The van der Waals surface area contributed by atoms with Gasteiger partial charge in [0, 0.05) is 25.8 Å². The SMILES string of the molecule is CNCc1cccc2ccn(CCN3CCCCC3)c12. The molecule has 3 rings (SSSR count). The molecule has 0 spiro atoms. The van der Waals surface area contributed by atoms with E-state index in [9.17, 15) is 0 Å². The van der Waals surface area contributed by atoms with Crippen LogP contribution in [0, 0.1) is 0 Å². The maximum absolute atomic E-state index is 3.27. The third kappa shape index (κ3) is 2.89. The van der Waals surface area contributed by atoms with E-state index in [1.807, 2.05) is 7.05 Å². The number of hydrogen-bond donors (Lipinski definition) is 1. The van der Waals surface area contributed by atoms with Crippen molar-refractivity contribution in [3.63, 3.8) is 0 Å². The third-order valence-electron chi connectivity index (χ3n) is 4.35. The van der Waals surface area contributed by atoms with Crippen LogP contribution in [0.4, 0.5) is 0 Å². The van der Waals surface area contributed by atoms with Crippen LogP contribution in [0.2, 0.25) is 0 Å². The monoisotopic (exact) mass is 271 g/mol. The standard InChI is InChI=1S/C17H25N3/c1-18-14-16-7-5-6-15-8-11-20(17(15)16)13-12-19-9-3-2-4-10-19/h5-8,11,18H,2-4,9-10,12-14H2,1H3. The molecule has 3 heteroatoms. The molecule has 3 nitrogen and oxygen atoms in total. The van der Waals surface area contributed by atoms with E-state index in [0.717, 1.165) is 13.1 Å². The van der Waals surface area contributed by atoms with E-state index >= 15 is 0 Å². The summed E-state index contributed by atoms with van der Waals surface area (Å²) < 4.78 is 2.43. The van der Waals surface area contributed by atoms with Gasteiger partial charge in [0.05, 0.1) is 5.52 Å². The topological polar surface area (TPSA) is 20.2 Å². The Balaban J connectivity index is 1.76. The van der Waals surface area contributed by atoms with Gasteiger partial charge in [0.1, 0.15) is 0 Å². The minimum atomic E-state index is 0.936. The molecule has 108 valence electrons. The van der Waals surface area contributed by atoms with Crippen molar-refractivity contribution in [2.24, 2.45) is 0 Å². The Kier molecular flexibility index (Phi) is 4.38. The second-order valence-electron chi connectivity index (χ2n) is 5.80. The Labute approximate surface area is 121 Å². The molecule has 0 saturated carbocycles. The first-order valence-electron chi connectivity index (χ1n) is 7.82. The van der Waals surface area contributed by atoms with Crippen molar-refractivity contribution >= 4 is 10.9 Å². The van der Waals surface area contributed by atoms with Crippen LogP contribution >= 0.6 is 0 Å². The van der Waals surface area contributed by atoms with Gasteiger partial charge in [-0.15, -0.1) is 0 Å². The van der Waals surface area contributed by atoms with Crippen LogP contribution in [0.3, 0.4) is 0 Å². The lowest BCUT2D eigenvalue weighted by Gasteiger charge is -2.26. The predicted molar refractivity (Wildman–Crippen MR) is 85.0 cm³/mol. The highest BCUT2D eigenvalue weighted by molar-refractivity contribution is 5.83. The van der Waals surface area contributed by atoms with Crippen molar-refractivity contribution in [3.8, 4) is 0 Å². The van der Waals surface area contributed by atoms with Crippen LogP contribution in [0.1, 0.15) is 24.8 Å². The Morgan fingerprint density at radius 3 is 2.70 bits per heavy atom. The van der Waals surface area contributed by atoms with E-state index in [-0.39, 0.29) is 0 Å². The second kappa shape index (κ2) is 6.42. The van der Waals surface area contributed by atoms with Gasteiger partial charge in [0.15, 0.2) is 0 Å². The van der Waals surface area contributed by atoms with Gasteiger partial charge >= 0.3 is 0 Å². The van der Waals surface area contributed by atoms with Crippen molar-refractivity contribution in [2.75, 3.05) is 26.7 Å². The zero-order valence-electron chi connectivity index (χ0n) is 12.4. The normalized spacial score (nSPS) is 16.9. The molecule has 0 aliphatic carbocycles. The highest BCUT2D eigenvalue weighted by atomic mass is 15.1. The van der Waals surface area contributed by atoms with Crippen LogP contribution < -0.4 is 5.32 Å². The number of para-hydroxylation sites is 1. The summed E-state index contributed by atoms with van der Waals surface area (Å²) in [5.41, 5.74) is 2.80. The van der Waals surface area contributed by atoms with Gasteiger partial charge in [-0.1, -0.05) is 24.6 Å². The molecular formula is C17H25N3. The number of nitrogens with one attached hydrogen (secondary N) is 1. The second-order valence-corrected chi connectivity index (χ2v) is 5.80. The van der Waals surface area contributed by atoms with E-state index < -0.39 is 0 Å². The lowest BCUT2D eigenvalue weighted by atomic mass is 10.1. The quantitative estimate of drug-likeness (QED) is 0.902. The average molecular weight is 271 g/mol. The maximum atomic E-state index is 3.27. The fourth-order valence-electron chi connectivity index (χ4n) is 3.29. The van der Waals surface area contributed by atoms with Crippen molar-refractivity contribution in [1.29, 1.82) is 0 Å². The van der Waals surface area contributed by atoms with Gasteiger partial charge in [-0.25, -0.2) is 0 Å².